The number of guanidine groups is 1. The lowest BCUT2D eigenvalue weighted by molar-refractivity contribution is 0.0657. The van der Waals surface area contributed by atoms with Crippen molar-refractivity contribution < 1.29 is 23.4 Å². The molecule has 0 atom stereocenters. The minimum absolute atomic E-state index is 0.0855. The number of furan rings is 1. The van der Waals surface area contributed by atoms with Gasteiger partial charge in [0.05, 0.1) is 27.6 Å². The Kier molecular flexibility index (Phi) is 7.05. The van der Waals surface area contributed by atoms with Gasteiger partial charge >= 0.3 is 0 Å². The molecule has 1 aliphatic heterocycles. The van der Waals surface area contributed by atoms with Crippen LogP contribution in [0.1, 0.15) is 16.1 Å². The Morgan fingerprint density at radius 2 is 1.73 bits per heavy atom. The maximum Gasteiger partial charge on any atom is 0.289 e. The highest BCUT2D eigenvalue weighted by atomic mass is 16.5. The smallest absolute Gasteiger partial charge is 0.289 e. The lowest BCUT2D eigenvalue weighted by Crippen LogP contribution is -2.53. The summed E-state index contributed by atoms with van der Waals surface area (Å²) in [5.41, 5.74) is 0.919. The van der Waals surface area contributed by atoms with E-state index < -0.39 is 0 Å². The average molecular weight is 416 g/mol. The van der Waals surface area contributed by atoms with Gasteiger partial charge in [-0.1, -0.05) is 0 Å². The van der Waals surface area contributed by atoms with E-state index in [2.05, 4.69) is 15.2 Å². The van der Waals surface area contributed by atoms with Gasteiger partial charge in [-0.3, -0.25) is 9.79 Å². The SMILES string of the molecule is CN=C(NCc1ccc(OC)c(OC)c1OC)N1CCN(C(=O)c2ccco2)CC1. The number of benzene rings is 1. The molecule has 1 N–H and O–H groups in total. The molecule has 9 heteroatoms. The fourth-order valence-corrected chi connectivity index (χ4v) is 3.49. The minimum Gasteiger partial charge on any atom is -0.493 e. The molecule has 1 aromatic heterocycles. The number of nitrogens with zero attached hydrogens (tertiary/aromatic N) is 3. The van der Waals surface area contributed by atoms with Gasteiger partial charge in [-0.05, 0) is 24.3 Å². The van der Waals surface area contributed by atoms with Gasteiger partial charge in [-0.2, -0.15) is 0 Å². The first-order valence-corrected chi connectivity index (χ1v) is 9.69. The first-order valence-electron chi connectivity index (χ1n) is 9.69. The van der Waals surface area contributed by atoms with Crippen molar-refractivity contribution in [1.82, 2.24) is 15.1 Å². The van der Waals surface area contributed by atoms with Crippen molar-refractivity contribution in [2.75, 3.05) is 54.6 Å². The Balaban J connectivity index is 1.61. The second-order valence-electron chi connectivity index (χ2n) is 6.65. The van der Waals surface area contributed by atoms with Gasteiger partial charge in [-0.25, -0.2) is 0 Å². The highest BCUT2D eigenvalue weighted by Gasteiger charge is 2.25. The molecule has 0 saturated carbocycles. The second kappa shape index (κ2) is 9.91. The molecule has 30 heavy (non-hydrogen) atoms. The highest BCUT2D eigenvalue weighted by Crippen LogP contribution is 2.39. The average Bonchev–Trinajstić information content (AvgIpc) is 3.33. The van der Waals surface area contributed by atoms with E-state index in [1.54, 1.807) is 45.4 Å². The van der Waals surface area contributed by atoms with E-state index in [1.165, 1.54) is 6.26 Å². The van der Waals surface area contributed by atoms with Crippen molar-refractivity contribution in [2.24, 2.45) is 4.99 Å². The maximum atomic E-state index is 12.4. The molecule has 0 spiro atoms. The van der Waals surface area contributed by atoms with Gasteiger partial charge in [-0.15, -0.1) is 0 Å². The van der Waals surface area contributed by atoms with E-state index in [0.717, 1.165) is 11.5 Å². The number of hydrogen-bond acceptors (Lipinski definition) is 6. The zero-order valence-corrected chi connectivity index (χ0v) is 17.8. The molecule has 0 radical (unpaired) electrons. The van der Waals surface area contributed by atoms with E-state index in [9.17, 15) is 4.79 Å². The van der Waals surface area contributed by atoms with Crippen LogP contribution in [0.5, 0.6) is 17.2 Å². The highest BCUT2D eigenvalue weighted by molar-refractivity contribution is 5.91. The number of carbonyl (C=O) groups excluding carboxylic acids is 1. The predicted octanol–water partition coefficient (Wildman–Crippen LogP) is 1.84. The Labute approximate surface area is 176 Å². The molecule has 2 aromatic rings. The van der Waals surface area contributed by atoms with Crippen LogP contribution in [-0.4, -0.2) is 76.2 Å². The molecular formula is C21H28N4O5. The number of ether oxygens (including phenoxy) is 3. The van der Waals surface area contributed by atoms with Gasteiger partial charge in [0.25, 0.3) is 5.91 Å². The summed E-state index contributed by atoms with van der Waals surface area (Å²) < 4.78 is 21.5. The number of rotatable bonds is 6. The summed E-state index contributed by atoms with van der Waals surface area (Å²) in [5.74, 6) is 2.83. The molecule has 3 rings (SSSR count). The van der Waals surface area contributed by atoms with Gasteiger partial charge in [0.15, 0.2) is 23.2 Å². The molecule has 0 aliphatic carbocycles. The fraction of sp³-hybridized carbons (Fsp3) is 0.429. The van der Waals surface area contributed by atoms with Crippen molar-refractivity contribution in [1.29, 1.82) is 0 Å². The van der Waals surface area contributed by atoms with Crippen LogP contribution in [0.3, 0.4) is 0 Å². The zero-order valence-electron chi connectivity index (χ0n) is 17.8. The van der Waals surface area contributed by atoms with E-state index in [1.807, 2.05) is 12.1 Å². The van der Waals surface area contributed by atoms with Crippen LogP contribution in [0.15, 0.2) is 39.9 Å². The summed E-state index contributed by atoms with van der Waals surface area (Å²) in [7, 11) is 6.52. The van der Waals surface area contributed by atoms with Crippen LogP contribution >= 0.6 is 0 Å². The van der Waals surface area contributed by atoms with Crippen molar-refractivity contribution in [3.05, 3.63) is 41.9 Å². The molecule has 1 fully saturated rings. The van der Waals surface area contributed by atoms with Crippen molar-refractivity contribution in [3.63, 3.8) is 0 Å². The van der Waals surface area contributed by atoms with Crippen LogP contribution in [0.4, 0.5) is 0 Å². The Bertz CT molecular complexity index is 874. The standard InChI is InChI=1S/C21H28N4O5/c1-22-21(23-14-15-7-8-16(27-2)19(29-4)18(15)28-3)25-11-9-24(10-12-25)20(26)17-6-5-13-30-17/h5-8,13H,9-12,14H2,1-4H3,(H,22,23). The molecule has 1 aliphatic rings. The van der Waals surface area contributed by atoms with Gasteiger partial charge in [0.2, 0.25) is 5.75 Å². The topological polar surface area (TPSA) is 88.8 Å². The van der Waals surface area contributed by atoms with E-state index in [0.29, 0.717) is 55.7 Å². The third-order valence-corrected chi connectivity index (χ3v) is 5.03. The maximum absolute atomic E-state index is 12.4. The van der Waals surface area contributed by atoms with Crippen LogP contribution in [0.25, 0.3) is 0 Å². The van der Waals surface area contributed by atoms with Crippen LogP contribution in [-0.2, 0) is 6.54 Å². The summed E-state index contributed by atoms with van der Waals surface area (Å²) in [6.07, 6.45) is 1.51. The number of amides is 1. The van der Waals surface area contributed by atoms with Crippen LogP contribution in [0.2, 0.25) is 0 Å². The van der Waals surface area contributed by atoms with Crippen molar-refractivity contribution in [3.8, 4) is 17.2 Å². The number of aliphatic imine (C=N–C) groups is 1. The molecule has 1 aromatic carbocycles. The largest absolute Gasteiger partial charge is 0.493 e. The number of hydrogen-bond donors (Lipinski definition) is 1. The van der Waals surface area contributed by atoms with Crippen LogP contribution < -0.4 is 19.5 Å². The molecule has 0 bridgehead atoms. The Hall–Kier alpha value is -3.36. The van der Waals surface area contributed by atoms with E-state index in [-0.39, 0.29) is 5.91 Å². The molecular weight excluding hydrogens is 388 g/mol. The third kappa shape index (κ3) is 4.45. The summed E-state index contributed by atoms with van der Waals surface area (Å²) in [6.45, 7) is 3.05. The number of piperazine rings is 1. The van der Waals surface area contributed by atoms with Crippen molar-refractivity contribution in [2.45, 2.75) is 6.54 Å². The normalized spacial score (nSPS) is 14.5. The lowest BCUT2D eigenvalue weighted by Gasteiger charge is -2.36. The van der Waals surface area contributed by atoms with Gasteiger partial charge < -0.3 is 33.7 Å². The molecule has 2 heterocycles. The Morgan fingerprint density at radius 1 is 1.03 bits per heavy atom. The molecule has 162 valence electrons. The lowest BCUT2D eigenvalue weighted by atomic mass is 10.1. The summed E-state index contributed by atoms with van der Waals surface area (Å²) in [4.78, 5) is 20.7. The fourth-order valence-electron chi connectivity index (χ4n) is 3.49. The summed E-state index contributed by atoms with van der Waals surface area (Å²) in [6, 6.07) is 7.18. The van der Waals surface area contributed by atoms with Crippen molar-refractivity contribution >= 4 is 11.9 Å². The summed E-state index contributed by atoms with van der Waals surface area (Å²) >= 11 is 0. The molecule has 9 nitrogen and oxygen atoms in total. The number of carbonyl (C=O) groups is 1. The first-order chi connectivity index (χ1) is 14.6. The first kappa shape index (κ1) is 21.4. The van der Waals surface area contributed by atoms with E-state index >= 15 is 0 Å². The third-order valence-electron chi connectivity index (χ3n) is 5.03. The van der Waals surface area contributed by atoms with E-state index in [4.69, 9.17) is 18.6 Å². The second-order valence-corrected chi connectivity index (χ2v) is 6.65. The Morgan fingerprint density at radius 3 is 2.30 bits per heavy atom. The molecule has 1 saturated heterocycles. The number of methoxy groups -OCH3 is 3. The summed E-state index contributed by atoms with van der Waals surface area (Å²) in [5, 5.41) is 3.37. The predicted molar refractivity (Wildman–Crippen MR) is 112 cm³/mol. The monoisotopic (exact) mass is 416 g/mol. The zero-order chi connectivity index (χ0) is 21.5. The number of nitrogens with one attached hydrogen (secondary N) is 1. The van der Waals surface area contributed by atoms with Gasteiger partial charge in [0.1, 0.15) is 0 Å². The molecule has 0 unspecified atom stereocenters. The van der Waals surface area contributed by atoms with Gasteiger partial charge in [0, 0.05) is 45.3 Å². The minimum atomic E-state index is -0.0855. The quantitative estimate of drug-likeness (QED) is 0.568. The van der Waals surface area contributed by atoms with Crippen LogP contribution in [0, 0.1) is 0 Å². The molecule has 1 amide bonds.